The van der Waals surface area contributed by atoms with Gasteiger partial charge in [0.05, 0.1) is 5.60 Å². The van der Waals surface area contributed by atoms with Crippen LogP contribution in [-0.4, -0.2) is 38.7 Å². The Balaban J connectivity index is 2.24. The van der Waals surface area contributed by atoms with Crippen molar-refractivity contribution in [2.24, 2.45) is 0 Å². The van der Waals surface area contributed by atoms with Crippen molar-refractivity contribution in [3.05, 3.63) is 10.6 Å². The van der Waals surface area contributed by atoms with Crippen LogP contribution in [0, 0.1) is 0 Å². The summed E-state index contributed by atoms with van der Waals surface area (Å²) in [7, 11) is 0. The lowest BCUT2D eigenvalue weighted by Gasteiger charge is -2.18. The van der Waals surface area contributed by atoms with Crippen molar-refractivity contribution < 1.29 is 5.11 Å². The third kappa shape index (κ3) is 2.48. The van der Waals surface area contributed by atoms with Gasteiger partial charge in [-0.05, 0) is 36.5 Å². The van der Waals surface area contributed by atoms with Crippen molar-refractivity contribution in [2.75, 3.05) is 18.0 Å². The molecule has 1 fully saturated rings. The van der Waals surface area contributed by atoms with Gasteiger partial charge in [0, 0.05) is 13.1 Å². The molecule has 5 nitrogen and oxygen atoms in total. The van der Waals surface area contributed by atoms with E-state index in [0.717, 1.165) is 0 Å². The molecule has 15 heavy (non-hydrogen) atoms. The summed E-state index contributed by atoms with van der Waals surface area (Å²) in [5.41, 5.74) is -0.703. The van der Waals surface area contributed by atoms with Gasteiger partial charge in [-0.15, -0.1) is 0 Å². The molecule has 2 heterocycles. The molecule has 2 rings (SSSR count). The number of rotatable bonds is 1. The Kier molecular flexibility index (Phi) is 2.70. The van der Waals surface area contributed by atoms with Gasteiger partial charge < -0.3 is 10.0 Å². The minimum absolute atomic E-state index is 0.0662. The smallest absolute Gasteiger partial charge is 0.231 e. The summed E-state index contributed by atoms with van der Waals surface area (Å²) >= 11 is 11.3. The van der Waals surface area contributed by atoms with Crippen LogP contribution in [0.1, 0.15) is 13.3 Å². The molecule has 82 valence electrons. The average molecular weight is 249 g/mol. The molecule has 1 atom stereocenters. The zero-order valence-electron chi connectivity index (χ0n) is 8.11. The highest BCUT2D eigenvalue weighted by atomic mass is 35.5. The van der Waals surface area contributed by atoms with E-state index in [0.29, 0.717) is 25.5 Å². The molecule has 1 aromatic heterocycles. The molecule has 1 aliphatic heterocycles. The predicted octanol–water partition coefficient (Wildman–Crippen LogP) is 1.14. The lowest BCUT2D eigenvalue weighted by atomic mass is 10.1. The Morgan fingerprint density at radius 1 is 1.27 bits per heavy atom. The Labute approximate surface area is 97.1 Å². The first kappa shape index (κ1) is 10.9. The van der Waals surface area contributed by atoms with Crippen molar-refractivity contribution in [3.8, 4) is 0 Å². The number of hydrogen-bond acceptors (Lipinski definition) is 5. The number of hydrogen-bond donors (Lipinski definition) is 1. The largest absolute Gasteiger partial charge is 0.388 e. The van der Waals surface area contributed by atoms with E-state index in [9.17, 15) is 5.11 Å². The van der Waals surface area contributed by atoms with Crippen LogP contribution in [-0.2, 0) is 0 Å². The van der Waals surface area contributed by atoms with Gasteiger partial charge in [0.1, 0.15) is 0 Å². The van der Waals surface area contributed by atoms with E-state index in [1.807, 2.05) is 4.90 Å². The Hall–Kier alpha value is -0.650. The summed E-state index contributed by atoms with van der Waals surface area (Å²) in [5, 5.41) is 9.92. The molecule has 1 N–H and O–H groups in total. The molecule has 0 aromatic carbocycles. The molecular weight excluding hydrogens is 239 g/mol. The van der Waals surface area contributed by atoms with Crippen molar-refractivity contribution in [1.82, 2.24) is 15.0 Å². The fourth-order valence-electron chi connectivity index (χ4n) is 1.57. The fourth-order valence-corrected chi connectivity index (χ4v) is 1.93. The number of β-amino-alcohol motifs (C(OH)–C–C–N with tert-alkyl or cyclic N) is 1. The summed E-state index contributed by atoms with van der Waals surface area (Å²) in [6.07, 6.45) is 0.675. The lowest BCUT2D eigenvalue weighted by Crippen LogP contribution is -2.30. The molecule has 0 radical (unpaired) electrons. The van der Waals surface area contributed by atoms with E-state index in [-0.39, 0.29) is 10.6 Å². The van der Waals surface area contributed by atoms with Crippen LogP contribution in [0.5, 0.6) is 0 Å². The second-order valence-corrected chi connectivity index (χ2v) is 4.52. The quantitative estimate of drug-likeness (QED) is 0.808. The second-order valence-electron chi connectivity index (χ2n) is 3.84. The Morgan fingerprint density at radius 2 is 1.87 bits per heavy atom. The van der Waals surface area contributed by atoms with Crippen LogP contribution in [0.3, 0.4) is 0 Å². The standard InChI is InChI=1S/C8H10Cl2N4O/c1-8(15)2-3-14(4-8)7-12-5(9)11-6(10)13-7/h15H,2-4H2,1H3. The summed E-state index contributed by atoms with van der Waals surface area (Å²) in [6, 6.07) is 0. The monoisotopic (exact) mass is 248 g/mol. The van der Waals surface area contributed by atoms with Crippen LogP contribution >= 0.6 is 23.2 Å². The fraction of sp³-hybridized carbons (Fsp3) is 0.625. The lowest BCUT2D eigenvalue weighted by molar-refractivity contribution is 0.0838. The molecule has 0 aliphatic carbocycles. The van der Waals surface area contributed by atoms with Crippen molar-refractivity contribution in [1.29, 1.82) is 0 Å². The second kappa shape index (κ2) is 3.73. The number of aliphatic hydroxyl groups is 1. The van der Waals surface area contributed by atoms with E-state index in [1.165, 1.54) is 0 Å². The Bertz CT molecular complexity index is 365. The number of anilines is 1. The van der Waals surface area contributed by atoms with Gasteiger partial charge in [-0.2, -0.15) is 15.0 Å². The third-order valence-corrected chi connectivity index (χ3v) is 2.64. The van der Waals surface area contributed by atoms with Crippen LogP contribution in [0.4, 0.5) is 5.95 Å². The van der Waals surface area contributed by atoms with Crippen molar-refractivity contribution in [2.45, 2.75) is 18.9 Å². The maximum absolute atomic E-state index is 9.79. The average Bonchev–Trinajstić information content (AvgIpc) is 2.44. The third-order valence-electron chi connectivity index (χ3n) is 2.30. The van der Waals surface area contributed by atoms with Gasteiger partial charge >= 0.3 is 0 Å². The molecule has 7 heteroatoms. The van der Waals surface area contributed by atoms with Crippen molar-refractivity contribution >= 4 is 29.2 Å². The van der Waals surface area contributed by atoms with E-state index >= 15 is 0 Å². The van der Waals surface area contributed by atoms with Crippen LogP contribution < -0.4 is 4.90 Å². The minimum Gasteiger partial charge on any atom is -0.388 e. The van der Waals surface area contributed by atoms with Crippen LogP contribution in [0.15, 0.2) is 0 Å². The normalized spacial score (nSPS) is 26.0. The van der Waals surface area contributed by atoms with E-state index in [4.69, 9.17) is 23.2 Å². The number of nitrogens with zero attached hydrogens (tertiary/aromatic N) is 4. The van der Waals surface area contributed by atoms with Crippen LogP contribution in [0.2, 0.25) is 10.6 Å². The van der Waals surface area contributed by atoms with E-state index < -0.39 is 5.60 Å². The van der Waals surface area contributed by atoms with Gasteiger partial charge in [-0.1, -0.05) is 0 Å². The van der Waals surface area contributed by atoms with E-state index in [2.05, 4.69) is 15.0 Å². The van der Waals surface area contributed by atoms with Gasteiger partial charge in [-0.3, -0.25) is 0 Å². The number of halogens is 2. The van der Waals surface area contributed by atoms with Gasteiger partial charge in [0.2, 0.25) is 16.5 Å². The van der Waals surface area contributed by atoms with Gasteiger partial charge in [0.15, 0.2) is 0 Å². The maximum atomic E-state index is 9.79. The van der Waals surface area contributed by atoms with E-state index in [1.54, 1.807) is 6.92 Å². The molecule has 0 spiro atoms. The topological polar surface area (TPSA) is 62.1 Å². The highest BCUT2D eigenvalue weighted by Crippen LogP contribution is 2.24. The molecule has 0 saturated carbocycles. The Morgan fingerprint density at radius 3 is 2.33 bits per heavy atom. The molecule has 1 aromatic rings. The van der Waals surface area contributed by atoms with Crippen LogP contribution in [0.25, 0.3) is 0 Å². The minimum atomic E-state index is -0.703. The molecule has 1 saturated heterocycles. The first-order chi connectivity index (χ1) is 6.96. The summed E-state index contributed by atoms with van der Waals surface area (Å²) < 4.78 is 0. The summed E-state index contributed by atoms with van der Waals surface area (Å²) in [5.74, 6) is 0.415. The molecular formula is C8H10Cl2N4O. The maximum Gasteiger partial charge on any atom is 0.231 e. The highest BCUT2D eigenvalue weighted by molar-refractivity contribution is 6.31. The summed E-state index contributed by atoms with van der Waals surface area (Å²) in [4.78, 5) is 13.4. The molecule has 1 aliphatic rings. The summed E-state index contributed by atoms with van der Waals surface area (Å²) in [6.45, 7) is 2.94. The number of aromatic nitrogens is 3. The molecule has 1 unspecified atom stereocenters. The zero-order chi connectivity index (χ0) is 11.1. The molecule has 0 amide bonds. The first-order valence-corrected chi connectivity index (χ1v) is 5.26. The van der Waals surface area contributed by atoms with Gasteiger partial charge in [-0.25, -0.2) is 0 Å². The van der Waals surface area contributed by atoms with Crippen molar-refractivity contribution in [3.63, 3.8) is 0 Å². The van der Waals surface area contributed by atoms with Gasteiger partial charge in [0.25, 0.3) is 0 Å². The first-order valence-electron chi connectivity index (χ1n) is 4.51. The predicted molar refractivity (Wildman–Crippen MR) is 57.3 cm³/mol. The molecule has 0 bridgehead atoms. The highest BCUT2D eigenvalue weighted by Gasteiger charge is 2.32. The zero-order valence-corrected chi connectivity index (χ0v) is 9.63. The SMILES string of the molecule is CC1(O)CCN(c2nc(Cl)nc(Cl)n2)C1.